The molecule has 0 saturated heterocycles. The van der Waals surface area contributed by atoms with E-state index in [1.807, 2.05) is 50.2 Å². The molecule has 0 aliphatic carbocycles. The first-order valence-corrected chi connectivity index (χ1v) is 9.50. The predicted molar refractivity (Wildman–Crippen MR) is 112 cm³/mol. The molecule has 0 aliphatic heterocycles. The van der Waals surface area contributed by atoms with Gasteiger partial charge in [0.05, 0.1) is 12.6 Å². The minimum absolute atomic E-state index is 0.204. The molecule has 1 atom stereocenters. The van der Waals surface area contributed by atoms with E-state index in [4.69, 9.17) is 5.73 Å². The van der Waals surface area contributed by atoms with Crippen molar-refractivity contribution in [2.24, 2.45) is 0 Å². The molecular weight excluding hydrogens is 366 g/mol. The number of aryl methyl sites for hydroxylation is 1. The van der Waals surface area contributed by atoms with E-state index < -0.39 is 0 Å². The van der Waals surface area contributed by atoms with Crippen LogP contribution in [0.15, 0.2) is 65.6 Å². The van der Waals surface area contributed by atoms with Crippen molar-refractivity contribution in [1.82, 2.24) is 14.7 Å². The van der Waals surface area contributed by atoms with E-state index in [1.165, 1.54) is 4.40 Å². The molecule has 7 heteroatoms. The lowest BCUT2D eigenvalue weighted by Gasteiger charge is -2.16. The van der Waals surface area contributed by atoms with Gasteiger partial charge in [-0.25, -0.2) is 4.57 Å². The molecule has 146 valence electrons. The van der Waals surface area contributed by atoms with Crippen LogP contribution >= 0.6 is 0 Å². The van der Waals surface area contributed by atoms with Crippen molar-refractivity contribution in [2.45, 2.75) is 26.4 Å². The standard InChI is InChI=1S/C22H21N5O2/c1-3-26-19(23)16(21(28)24-14(2)15-9-5-4-6-10-15)13-17-20(26)25-18-11-7-8-12-27(18)22(17)29/h4-14,23H,3H2,1-2H3,(H,24,28)/p+1/t14-/m0/s1. The Bertz CT molecular complexity index is 1280. The van der Waals surface area contributed by atoms with Gasteiger partial charge in [0, 0.05) is 6.20 Å². The summed E-state index contributed by atoms with van der Waals surface area (Å²) in [6.07, 6.45) is 1.66. The van der Waals surface area contributed by atoms with Gasteiger partial charge in [0.2, 0.25) is 11.5 Å². The molecule has 0 unspecified atom stereocenters. The van der Waals surface area contributed by atoms with Gasteiger partial charge in [-0.2, -0.15) is 0 Å². The zero-order valence-electron chi connectivity index (χ0n) is 16.3. The van der Waals surface area contributed by atoms with Crippen molar-refractivity contribution in [2.75, 3.05) is 5.73 Å². The van der Waals surface area contributed by atoms with Crippen LogP contribution in [0.5, 0.6) is 0 Å². The highest BCUT2D eigenvalue weighted by Gasteiger charge is 2.24. The van der Waals surface area contributed by atoms with Crippen LogP contribution in [-0.2, 0) is 6.54 Å². The summed E-state index contributed by atoms with van der Waals surface area (Å²) in [5.41, 5.74) is 8.32. The third-order valence-corrected chi connectivity index (χ3v) is 5.07. The Hall–Kier alpha value is -3.74. The number of nitrogen functional groups attached to an aromatic ring is 1. The maximum atomic E-state index is 13.0. The fourth-order valence-electron chi connectivity index (χ4n) is 3.50. The van der Waals surface area contributed by atoms with E-state index in [-0.39, 0.29) is 28.9 Å². The second kappa shape index (κ2) is 7.35. The van der Waals surface area contributed by atoms with Crippen LogP contribution in [0, 0.1) is 0 Å². The highest BCUT2D eigenvalue weighted by atomic mass is 16.2. The van der Waals surface area contributed by atoms with E-state index in [2.05, 4.69) is 10.3 Å². The van der Waals surface area contributed by atoms with Gasteiger partial charge < -0.3 is 11.1 Å². The van der Waals surface area contributed by atoms with Gasteiger partial charge in [0.15, 0.2) is 0 Å². The Morgan fingerprint density at radius 1 is 1.21 bits per heavy atom. The molecular formula is C22H22N5O2+. The monoisotopic (exact) mass is 388 g/mol. The Labute approximate surface area is 167 Å². The van der Waals surface area contributed by atoms with Crippen LogP contribution in [-0.4, -0.2) is 15.3 Å². The van der Waals surface area contributed by atoms with Crippen LogP contribution in [0.25, 0.3) is 16.7 Å². The van der Waals surface area contributed by atoms with Gasteiger partial charge in [0.25, 0.3) is 17.1 Å². The molecule has 4 aromatic rings. The molecule has 3 aromatic heterocycles. The average molecular weight is 388 g/mol. The van der Waals surface area contributed by atoms with Crippen molar-refractivity contribution in [3.05, 3.63) is 82.3 Å². The highest BCUT2D eigenvalue weighted by Crippen LogP contribution is 2.17. The number of benzene rings is 1. The number of nitrogens with two attached hydrogens (primary N) is 1. The number of nitrogens with zero attached hydrogens (tertiary/aromatic N) is 3. The Kier molecular flexibility index (Phi) is 4.72. The first-order valence-electron chi connectivity index (χ1n) is 9.50. The zero-order valence-corrected chi connectivity index (χ0v) is 16.3. The summed E-state index contributed by atoms with van der Waals surface area (Å²) in [5, 5.41) is 3.31. The second-order valence-corrected chi connectivity index (χ2v) is 6.88. The smallest absolute Gasteiger partial charge is 0.278 e. The number of amides is 1. The first-order chi connectivity index (χ1) is 14.0. The minimum atomic E-state index is -0.333. The summed E-state index contributed by atoms with van der Waals surface area (Å²) < 4.78 is 3.17. The first kappa shape index (κ1) is 18.6. The number of aromatic nitrogens is 3. The van der Waals surface area contributed by atoms with Gasteiger partial charge in [-0.3, -0.25) is 14.0 Å². The number of pyridine rings is 2. The van der Waals surface area contributed by atoms with Gasteiger partial charge in [0.1, 0.15) is 10.9 Å². The lowest BCUT2D eigenvalue weighted by atomic mass is 10.1. The normalized spacial score (nSPS) is 12.2. The number of carbonyl (C=O) groups excluding carboxylic acids is 1. The molecule has 0 aliphatic rings. The molecule has 0 spiro atoms. The maximum Gasteiger partial charge on any atom is 0.278 e. The fourth-order valence-corrected chi connectivity index (χ4v) is 3.50. The second-order valence-electron chi connectivity index (χ2n) is 6.88. The lowest BCUT2D eigenvalue weighted by molar-refractivity contribution is -0.655. The Morgan fingerprint density at radius 3 is 2.66 bits per heavy atom. The number of hydrogen-bond donors (Lipinski definition) is 2. The molecule has 3 N–H and O–H groups in total. The highest BCUT2D eigenvalue weighted by molar-refractivity contribution is 6.00. The van der Waals surface area contributed by atoms with E-state index in [0.29, 0.717) is 23.2 Å². The van der Waals surface area contributed by atoms with Crippen molar-refractivity contribution >= 4 is 28.4 Å². The third kappa shape index (κ3) is 3.20. The van der Waals surface area contributed by atoms with Crippen LogP contribution in [0.4, 0.5) is 5.82 Å². The summed E-state index contributed by atoms with van der Waals surface area (Å²) in [7, 11) is 0. The van der Waals surface area contributed by atoms with E-state index >= 15 is 0 Å². The number of hydrogen-bond acceptors (Lipinski definition) is 4. The minimum Gasteiger partial charge on any atom is -0.345 e. The van der Waals surface area contributed by atoms with Crippen LogP contribution in [0.1, 0.15) is 35.8 Å². The lowest BCUT2D eigenvalue weighted by Crippen LogP contribution is -2.42. The van der Waals surface area contributed by atoms with Crippen molar-refractivity contribution < 1.29 is 9.36 Å². The molecule has 1 amide bonds. The quantitative estimate of drug-likeness (QED) is 0.414. The number of nitrogens with one attached hydrogen (secondary N) is 1. The van der Waals surface area contributed by atoms with Crippen LogP contribution < -0.4 is 21.2 Å². The molecule has 1 aromatic carbocycles. The topological polar surface area (TPSA) is 93.4 Å². The molecule has 0 saturated carbocycles. The van der Waals surface area contributed by atoms with E-state index in [9.17, 15) is 9.59 Å². The van der Waals surface area contributed by atoms with Crippen LogP contribution in [0.2, 0.25) is 0 Å². The Morgan fingerprint density at radius 2 is 1.93 bits per heavy atom. The summed E-state index contributed by atoms with van der Waals surface area (Å²) in [5.74, 6) is -0.0505. The third-order valence-electron chi connectivity index (χ3n) is 5.07. The van der Waals surface area contributed by atoms with Gasteiger partial charge in [-0.05, 0) is 37.6 Å². The van der Waals surface area contributed by atoms with Crippen molar-refractivity contribution in [3.8, 4) is 0 Å². The van der Waals surface area contributed by atoms with Crippen molar-refractivity contribution in [3.63, 3.8) is 0 Å². The Balaban J connectivity index is 1.85. The molecule has 29 heavy (non-hydrogen) atoms. The largest absolute Gasteiger partial charge is 0.345 e. The van der Waals surface area contributed by atoms with Gasteiger partial charge >= 0.3 is 0 Å². The molecule has 3 heterocycles. The number of rotatable bonds is 4. The maximum absolute atomic E-state index is 13.0. The van der Waals surface area contributed by atoms with Crippen molar-refractivity contribution in [1.29, 1.82) is 0 Å². The fraction of sp³-hybridized carbons (Fsp3) is 0.182. The van der Waals surface area contributed by atoms with Gasteiger partial charge in [-0.1, -0.05) is 41.4 Å². The zero-order chi connectivity index (χ0) is 20.5. The number of carbonyl (C=O) groups is 1. The summed E-state index contributed by atoms with van der Waals surface area (Å²) >= 11 is 0. The SMILES string of the molecule is CC[n+]1c(N)c(C(=O)N[C@@H](C)c2ccccc2)cc2c(=O)n3ccccc3nc21. The summed E-state index contributed by atoms with van der Waals surface area (Å²) in [6.45, 7) is 4.29. The van der Waals surface area contributed by atoms with Crippen LogP contribution in [0.3, 0.4) is 0 Å². The van der Waals surface area contributed by atoms with E-state index in [0.717, 1.165) is 5.56 Å². The van der Waals surface area contributed by atoms with E-state index in [1.54, 1.807) is 29.0 Å². The molecule has 0 bridgehead atoms. The summed E-state index contributed by atoms with van der Waals surface area (Å²) in [4.78, 5) is 30.6. The number of fused-ring (bicyclic) bond motifs is 2. The predicted octanol–water partition coefficient (Wildman–Crippen LogP) is 2.23. The molecule has 4 rings (SSSR count). The number of anilines is 1. The molecule has 0 radical (unpaired) electrons. The van der Waals surface area contributed by atoms with Gasteiger partial charge in [-0.15, -0.1) is 0 Å². The molecule has 7 nitrogen and oxygen atoms in total. The average Bonchev–Trinajstić information content (AvgIpc) is 2.74. The molecule has 0 fully saturated rings. The summed E-state index contributed by atoms with van der Waals surface area (Å²) in [6, 6.07) is 16.3.